The van der Waals surface area contributed by atoms with Gasteiger partial charge in [0.25, 0.3) is 0 Å². The van der Waals surface area contributed by atoms with Crippen molar-refractivity contribution in [3.63, 3.8) is 0 Å². The van der Waals surface area contributed by atoms with Crippen LogP contribution in [-0.2, 0) is 0 Å². The fourth-order valence-electron chi connectivity index (χ4n) is 1.15. The summed E-state index contributed by atoms with van der Waals surface area (Å²) < 4.78 is 49.1. The van der Waals surface area contributed by atoms with Crippen molar-refractivity contribution in [2.75, 3.05) is 0 Å². The third-order valence-corrected chi connectivity index (χ3v) is 2.32. The van der Waals surface area contributed by atoms with Gasteiger partial charge in [-0.15, -0.1) is 0 Å². The Morgan fingerprint density at radius 1 is 1.31 bits per heavy atom. The highest BCUT2D eigenvalue weighted by molar-refractivity contribution is 6.31. The molecule has 0 spiro atoms. The first kappa shape index (κ1) is 13.2. The molecule has 0 bridgehead atoms. The van der Waals surface area contributed by atoms with Gasteiger partial charge in [0, 0.05) is 5.02 Å². The zero-order valence-corrected chi connectivity index (χ0v) is 8.56. The summed E-state index contributed by atoms with van der Waals surface area (Å²) in [6.07, 6.45) is -7.59. The van der Waals surface area contributed by atoms with Crippen molar-refractivity contribution in [1.29, 1.82) is 0 Å². The molecule has 2 nitrogen and oxygen atoms in total. The molecular formula is C9H8ClF4NO. The lowest BCUT2D eigenvalue weighted by molar-refractivity contribution is -0.210. The quantitative estimate of drug-likeness (QED) is 0.799. The lowest BCUT2D eigenvalue weighted by Gasteiger charge is -2.22. The molecule has 0 aliphatic rings. The van der Waals surface area contributed by atoms with Crippen LogP contribution in [0.25, 0.3) is 0 Å². The van der Waals surface area contributed by atoms with E-state index >= 15 is 0 Å². The summed E-state index contributed by atoms with van der Waals surface area (Å²) in [7, 11) is 0. The van der Waals surface area contributed by atoms with Crippen molar-refractivity contribution in [2.24, 2.45) is 5.73 Å². The number of rotatable bonds is 2. The molecule has 7 heteroatoms. The van der Waals surface area contributed by atoms with E-state index in [9.17, 15) is 17.6 Å². The van der Waals surface area contributed by atoms with Gasteiger partial charge in [-0.1, -0.05) is 17.7 Å². The molecule has 0 aliphatic heterocycles. The molecule has 90 valence electrons. The molecule has 0 aromatic heterocycles. The van der Waals surface area contributed by atoms with Crippen LogP contribution in [0.15, 0.2) is 18.2 Å². The molecular weight excluding hydrogens is 250 g/mol. The minimum Gasteiger partial charge on any atom is -0.382 e. The molecule has 0 amide bonds. The van der Waals surface area contributed by atoms with Crippen molar-refractivity contribution >= 4 is 11.6 Å². The van der Waals surface area contributed by atoms with E-state index < -0.39 is 24.1 Å². The van der Waals surface area contributed by atoms with Gasteiger partial charge in [-0.3, -0.25) is 0 Å². The lowest BCUT2D eigenvalue weighted by Crippen LogP contribution is -2.39. The minimum atomic E-state index is -4.85. The van der Waals surface area contributed by atoms with Crippen molar-refractivity contribution in [1.82, 2.24) is 0 Å². The molecule has 2 atom stereocenters. The molecule has 16 heavy (non-hydrogen) atoms. The average molecular weight is 258 g/mol. The van der Waals surface area contributed by atoms with E-state index in [0.717, 1.165) is 18.2 Å². The maximum atomic E-state index is 12.6. The third-order valence-electron chi connectivity index (χ3n) is 2.00. The van der Waals surface area contributed by atoms with E-state index in [-0.39, 0.29) is 10.6 Å². The average Bonchev–Trinajstić information content (AvgIpc) is 2.14. The van der Waals surface area contributed by atoms with Crippen LogP contribution in [0.1, 0.15) is 11.6 Å². The maximum Gasteiger partial charge on any atom is 0.416 e. The fraction of sp³-hybridized carbons (Fsp3) is 0.333. The van der Waals surface area contributed by atoms with Crippen molar-refractivity contribution in [3.05, 3.63) is 34.6 Å². The Hall–Kier alpha value is -0.850. The largest absolute Gasteiger partial charge is 0.416 e. The summed E-state index contributed by atoms with van der Waals surface area (Å²) in [5, 5.41) is 8.65. The Morgan fingerprint density at radius 3 is 2.31 bits per heavy atom. The molecule has 0 saturated carbocycles. The van der Waals surface area contributed by atoms with Gasteiger partial charge < -0.3 is 10.8 Å². The summed E-state index contributed by atoms with van der Waals surface area (Å²) in [6, 6.07) is 1.02. The number of aliphatic hydroxyl groups is 1. The van der Waals surface area contributed by atoms with Crippen molar-refractivity contribution < 1.29 is 22.7 Å². The zero-order valence-electron chi connectivity index (χ0n) is 7.80. The monoisotopic (exact) mass is 257 g/mol. The van der Waals surface area contributed by atoms with Crippen LogP contribution in [0.2, 0.25) is 5.02 Å². The predicted octanol–water partition coefficient (Wildman–Crippen LogP) is 2.40. The maximum absolute atomic E-state index is 12.6. The molecule has 0 unspecified atom stereocenters. The SMILES string of the molecule is N[C@H](c1ccc(F)cc1Cl)[C@@H](O)C(F)(F)F. The molecule has 0 fully saturated rings. The predicted molar refractivity (Wildman–Crippen MR) is 50.4 cm³/mol. The lowest BCUT2D eigenvalue weighted by atomic mass is 10.0. The van der Waals surface area contributed by atoms with Gasteiger partial charge in [0.05, 0.1) is 6.04 Å². The van der Waals surface area contributed by atoms with Gasteiger partial charge in [0.2, 0.25) is 0 Å². The number of benzene rings is 1. The Labute approximate surface area is 93.6 Å². The molecule has 0 aliphatic carbocycles. The zero-order chi connectivity index (χ0) is 12.5. The van der Waals surface area contributed by atoms with Crippen molar-refractivity contribution in [2.45, 2.75) is 18.3 Å². The van der Waals surface area contributed by atoms with Gasteiger partial charge in [-0.2, -0.15) is 13.2 Å². The van der Waals surface area contributed by atoms with E-state index in [1.165, 1.54) is 0 Å². The molecule has 1 aromatic carbocycles. The summed E-state index contributed by atoms with van der Waals surface area (Å²) in [4.78, 5) is 0. The number of hydrogen-bond donors (Lipinski definition) is 2. The molecule has 0 saturated heterocycles. The second kappa shape index (κ2) is 4.57. The smallest absolute Gasteiger partial charge is 0.382 e. The number of halogens is 5. The van der Waals surface area contributed by atoms with E-state index in [1.807, 2.05) is 0 Å². The van der Waals surface area contributed by atoms with Crippen LogP contribution < -0.4 is 5.73 Å². The second-order valence-electron chi connectivity index (χ2n) is 3.18. The van der Waals surface area contributed by atoms with Crippen molar-refractivity contribution in [3.8, 4) is 0 Å². The number of alkyl halides is 3. The first-order valence-electron chi connectivity index (χ1n) is 4.19. The third kappa shape index (κ3) is 2.84. The highest BCUT2D eigenvalue weighted by atomic mass is 35.5. The van der Waals surface area contributed by atoms with Gasteiger partial charge >= 0.3 is 6.18 Å². The summed E-state index contributed by atoms with van der Waals surface area (Å²) in [5.74, 6) is -0.692. The van der Waals surface area contributed by atoms with Gasteiger partial charge in [-0.25, -0.2) is 4.39 Å². The molecule has 0 radical (unpaired) electrons. The van der Waals surface area contributed by atoms with Gasteiger partial charge in [-0.05, 0) is 17.7 Å². The second-order valence-corrected chi connectivity index (χ2v) is 3.59. The standard InChI is InChI=1S/C9H8ClF4NO/c10-6-3-4(11)1-2-5(6)7(15)8(16)9(12,13)14/h1-3,7-8,16H,15H2/t7-,8-/m1/s1. The Balaban J connectivity index is 3.01. The molecule has 1 aromatic rings. The highest BCUT2D eigenvalue weighted by Crippen LogP contribution is 2.31. The molecule has 3 N–H and O–H groups in total. The first-order valence-corrected chi connectivity index (χ1v) is 4.56. The van der Waals surface area contributed by atoms with E-state index in [4.69, 9.17) is 22.4 Å². The number of nitrogens with two attached hydrogens (primary N) is 1. The van der Waals surface area contributed by atoms with Crippen LogP contribution in [-0.4, -0.2) is 17.4 Å². The topological polar surface area (TPSA) is 46.2 Å². The molecule has 0 heterocycles. The number of aliphatic hydroxyl groups excluding tert-OH is 1. The highest BCUT2D eigenvalue weighted by Gasteiger charge is 2.43. The fourth-order valence-corrected chi connectivity index (χ4v) is 1.44. The summed E-state index contributed by atoms with van der Waals surface area (Å²) >= 11 is 5.52. The van der Waals surface area contributed by atoms with E-state index in [1.54, 1.807) is 0 Å². The normalized spacial score (nSPS) is 15.9. The number of hydrogen-bond acceptors (Lipinski definition) is 2. The van der Waals surface area contributed by atoms with Crippen LogP contribution >= 0.6 is 11.6 Å². The summed E-state index contributed by atoms with van der Waals surface area (Å²) in [6.45, 7) is 0. The Morgan fingerprint density at radius 2 is 1.88 bits per heavy atom. The van der Waals surface area contributed by atoms with Crippen LogP contribution in [0.3, 0.4) is 0 Å². The van der Waals surface area contributed by atoms with Gasteiger partial charge in [0.1, 0.15) is 5.82 Å². The minimum absolute atomic E-state index is 0.159. The Bertz CT molecular complexity index is 382. The Kier molecular flexibility index (Phi) is 3.77. The summed E-state index contributed by atoms with van der Waals surface area (Å²) in [5.41, 5.74) is 5.04. The van der Waals surface area contributed by atoms with E-state index in [2.05, 4.69) is 0 Å². The van der Waals surface area contributed by atoms with Crippen LogP contribution in [0.5, 0.6) is 0 Å². The first-order chi connectivity index (χ1) is 7.23. The van der Waals surface area contributed by atoms with Gasteiger partial charge in [0.15, 0.2) is 6.10 Å². The van der Waals surface area contributed by atoms with Crippen LogP contribution in [0, 0.1) is 5.82 Å². The molecule has 1 rings (SSSR count). The van der Waals surface area contributed by atoms with E-state index in [0.29, 0.717) is 0 Å². The van der Waals surface area contributed by atoms with Crippen LogP contribution in [0.4, 0.5) is 17.6 Å².